The van der Waals surface area contributed by atoms with Crippen LogP contribution in [-0.2, 0) is 48.2 Å². The predicted octanol–water partition coefficient (Wildman–Crippen LogP) is 20.3. The first-order chi connectivity index (χ1) is 56.8. The number of rotatable bonds is 36. The van der Waals surface area contributed by atoms with Crippen molar-refractivity contribution < 1.29 is 84.4 Å². The maximum atomic E-state index is 14.6. The predicted molar refractivity (Wildman–Crippen MR) is 460 cm³/mol. The maximum Gasteiger partial charge on any atom is 0.224 e. The van der Waals surface area contributed by atoms with Crippen LogP contribution in [0.4, 0.5) is 30.2 Å². The molecule has 618 valence electrons. The molecule has 0 radical (unpaired) electrons. The van der Waals surface area contributed by atoms with Crippen LogP contribution in [-0.4, -0.2) is 105 Å². The average molecular weight is 1620 g/mol. The van der Waals surface area contributed by atoms with Gasteiger partial charge < -0.3 is 71.5 Å². The first-order valence-corrected chi connectivity index (χ1v) is 40.8. The van der Waals surface area contributed by atoms with Gasteiger partial charge in [-0.2, -0.15) is 0 Å². The number of amides is 3. The van der Waals surface area contributed by atoms with Crippen LogP contribution in [0.25, 0.3) is 0 Å². The lowest BCUT2D eigenvalue weighted by Crippen LogP contribution is -2.67. The maximum absolute atomic E-state index is 14.6. The van der Waals surface area contributed by atoms with Crippen LogP contribution in [0, 0.1) is 17.5 Å². The van der Waals surface area contributed by atoms with Gasteiger partial charge in [-0.05, 0) is 153 Å². The molecule has 0 aromatic heterocycles. The number of ether oxygens (including phenoxy) is 12. The Bertz CT molecular complexity index is 4980. The molecule has 22 heteroatoms. The van der Waals surface area contributed by atoms with Gasteiger partial charge in [-0.1, -0.05) is 152 Å². The summed E-state index contributed by atoms with van der Waals surface area (Å²) < 4.78 is 113. The van der Waals surface area contributed by atoms with Crippen molar-refractivity contribution in [1.82, 2.24) is 0 Å². The van der Waals surface area contributed by atoms with Crippen molar-refractivity contribution in [2.75, 3.05) is 88.5 Å². The smallest absolute Gasteiger partial charge is 0.224 e. The number of anilines is 3. The van der Waals surface area contributed by atoms with Crippen molar-refractivity contribution in [3.05, 3.63) is 308 Å². The second-order valence-corrected chi connectivity index (χ2v) is 33.9. The number of carbonyl (C=O) groups excluding carboxylic acids is 3. The van der Waals surface area contributed by atoms with Crippen LogP contribution in [0.15, 0.2) is 274 Å². The van der Waals surface area contributed by atoms with Crippen LogP contribution in [0.2, 0.25) is 5.04 Å². The molecule has 11 aromatic carbocycles. The molecule has 0 bridgehead atoms. The molecule has 0 saturated carbocycles. The first-order valence-electron chi connectivity index (χ1n) is 38.6. The minimum Gasteiger partial charge on any atom is -0.497 e. The Labute approximate surface area is 691 Å². The SMILES string of the molecule is C=CCOCCOc1ccc(OC)cc1CN(C(C)=O)c1cc(F)ccc1Oc1ccccc1.COc1ccc(OCCOC(C)(C)C)c(CN(C(C)=O)c2cc(F)ccc2Oc2ccccc2)c1.COc1ccc(OCCOC[Si](c2ccccc2)(c2ccccc2)C(C)(C)C)c(CN(C(C)=O)c2cc(F)ccc2Oc2ccccc2)c1. The zero-order chi connectivity index (χ0) is 84.6. The minimum atomic E-state index is -2.39. The third kappa shape index (κ3) is 26.1. The normalized spacial score (nSPS) is 11.1. The van der Waals surface area contributed by atoms with Gasteiger partial charge in [0.1, 0.15) is 97.1 Å². The Balaban J connectivity index is 0.000000207. The van der Waals surface area contributed by atoms with Gasteiger partial charge in [0.25, 0.3) is 0 Å². The number of halogens is 3. The molecular weight excluding hydrogens is 1520 g/mol. The van der Waals surface area contributed by atoms with Crippen molar-refractivity contribution in [1.29, 1.82) is 0 Å². The zero-order valence-electron chi connectivity index (χ0n) is 69.0. The number of para-hydroxylation sites is 3. The van der Waals surface area contributed by atoms with E-state index in [1.54, 1.807) is 100 Å². The highest BCUT2D eigenvalue weighted by Crippen LogP contribution is 2.41. The van der Waals surface area contributed by atoms with E-state index in [1.165, 1.54) is 100 Å². The van der Waals surface area contributed by atoms with E-state index in [-0.39, 0.29) is 48.0 Å². The van der Waals surface area contributed by atoms with Gasteiger partial charge in [0.15, 0.2) is 17.2 Å². The molecule has 0 aliphatic carbocycles. The van der Waals surface area contributed by atoms with Gasteiger partial charge in [0.2, 0.25) is 17.7 Å². The highest BCUT2D eigenvalue weighted by molar-refractivity contribution is 7.04. The summed E-state index contributed by atoms with van der Waals surface area (Å²) in [6.45, 7) is 23.6. The molecular formula is C96H104F3N3O15Si. The van der Waals surface area contributed by atoms with E-state index in [9.17, 15) is 27.6 Å². The molecule has 0 unspecified atom stereocenters. The number of carbonyl (C=O) groups is 3. The zero-order valence-corrected chi connectivity index (χ0v) is 70.0. The van der Waals surface area contributed by atoms with Gasteiger partial charge in [-0.3, -0.25) is 14.4 Å². The minimum absolute atomic E-state index is 0.0319. The molecule has 0 saturated heterocycles. The van der Waals surface area contributed by atoms with Crippen LogP contribution in [0.1, 0.15) is 79.0 Å². The van der Waals surface area contributed by atoms with E-state index >= 15 is 0 Å². The number of hydrogen-bond acceptors (Lipinski definition) is 15. The van der Waals surface area contributed by atoms with E-state index in [0.29, 0.717) is 155 Å². The lowest BCUT2D eigenvalue weighted by atomic mass is 10.1. The summed E-state index contributed by atoms with van der Waals surface area (Å²) in [5.41, 5.74) is 2.73. The average Bonchev–Trinajstić information content (AvgIpc) is 0.746. The number of hydrogen-bond donors (Lipinski definition) is 0. The van der Waals surface area contributed by atoms with Crippen LogP contribution < -0.4 is 67.7 Å². The van der Waals surface area contributed by atoms with Crippen LogP contribution >= 0.6 is 0 Å². The van der Waals surface area contributed by atoms with Gasteiger partial charge >= 0.3 is 0 Å². The Hall–Kier alpha value is -12.3. The number of benzene rings is 11. The van der Waals surface area contributed by atoms with E-state index in [0.717, 1.165) is 0 Å². The quantitative estimate of drug-likeness (QED) is 0.0206. The summed E-state index contributed by atoms with van der Waals surface area (Å²) in [5, 5.41) is 2.62. The molecule has 0 spiro atoms. The highest BCUT2D eigenvalue weighted by atomic mass is 28.3. The lowest BCUT2D eigenvalue weighted by molar-refractivity contribution is -0.117. The second kappa shape index (κ2) is 44.1. The fraction of sp³-hybridized carbons (Fsp3) is 0.260. The summed E-state index contributed by atoms with van der Waals surface area (Å²) in [5.74, 6) is 4.03. The van der Waals surface area contributed by atoms with Gasteiger partial charge in [-0.15, -0.1) is 6.58 Å². The van der Waals surface area contributed by atoms with E-state index in [2.05, 4.69) is 88.0 Å². The molecule has 118 heavy (non-hydrogen) atoms. The first kappa shape index (κ1) is 89.6. The van der Waals surface area contributed by atoms with Gasteiger partial charge in [0.05, 0.1) is 90.1 Å². The summed E-state index contributed by atoms with van der Waals surface area (Å²) >= 11 is 0. The molecule has 11 rings (SSSR count). The Morgan fingerprint density at radius 1 is 0.364 bits per heavy atom. The third-order valence-corrected chi connectivity index (χ3v) is 24.5. The Kier molecular flexibility index (Phi) is 33.5. The molecule has 0 atom stereocenters. The van der Waals surface area contributed by atoms with Crippen molar-refractivity contribution >= 4 is 53.2 Å². The second-order valence-electron chi connectivity index (χ2n) is 29.1. The molecule has 0 aliphatic rings. The highest BCUT2D eigenvalue weighted by Gasteiger charge is 2.48. The summed E-state index contributed by atoms with van der Waals surface area (Å²) in [6.07, 6.45) is 2.25. The molecule has 0 fully saturated rings. The van der Waals surface area contributed by atoms with Crippen LogP contribution in [0.5, 0.6) is 69.0 Å². The Morgan fingerprint density at radius 3 is 0.949 bits per heavy atom. The molecule has 18 nitrogen and oxygen atoms in total. The van der Waals surface area contributed by atoms with Crippen molar-refractivity contribution in [2.24, 2.45) is 0 Å². The van der Waals surface area contributed by atoms with E-state index in [4.69, 9.17) is 56.8 Å². The third-order valence-electron chi connectivity index (χ3n) is 18.7. The van der Waals surface area contributed by atoms with Crippen LogP contribution in [0.3, 0.4) is 0 Å². The summed E-state index contributed by atoms with van der Waals surface area (Å²) in [4.78, 5) is 42.9. The largest absolute Gasteiger partial charge is 0.497 e. The van der Waals surface area contributed by atoms with E-state index < -0.39 is 25.5 Å². The summed E-state index contributed by atoms with van der Waals surface area (Å²) in [6, 6.07) is 77.3. The Morgan fingerprint density at radius 2 is 0.661 bits per heavy atom. The standard InChI is InChI=1S/C41H44FNO5Si.C28H32FNO5.C27H28FNO5/c1-31(44)43(38-28-33(42)21-23-40(38)48-34-15-9-6-10-16-34)29-32-27-35(45-5)22-24-39(32)47-26-25-46-30-49(41(2,3)4,36-17-11-7-12-18-36)37-19-13-8-14-20-37;1-20(31)30(25-18-22(29)11-13-27(25)35-23-9-7-6-8-10-23)19-21-17-24(32-5)12-14-26(21)33-15-16-34-28(2,3)4;1-4-14-32-15-16-33-26-13-11-24(31-3)17-21(26)19-29(20(2)30)25-18-22(28)10-12-27(25)34-23-8-6-5-7-9-23/h6-24,27-28H,25-26,29-30H2,1-5H3;6-14,17-18H,15-16,19H2,1-5H3;4-13,17-18H,1,14-16,19H2,2-3H3. The molecule has 0 heterocycles. The monoisotopic (exact) mass is 1620 g/mol. The molecule has 3 amide bonds. The van der Waals surface area contributed by atoms with E-state index in [1.807, 2.05) is 93.6 Å². The number of nitrogens with zero attached hydrogens (tertiary/aromatic N) is 3. The van der Waals surface area contributed by atoms with Gasteiger partial charge in [-0.25, -0.2) is 13.2 Å². The number of methoxy groups -OCH3 is 3. The molecule has 11 aromatic rings. The van der Waals surface area contributed by atoms with Crippen molar-refractivity contribution in [3.8, 4) is 69.0 Å². The van der Waals surface area contributed by atoms with Gasteiger partial charge in [0, 0.05) is 61.9 Å². The fourth-order valence-electron chi connectivity index (χ4n) is 12.8. The van der Waals surface area contributed by atoms with Crippen molar-refractivity contribution in [2.45, 2.75) is 92.6 Å². The molecule has 0 aliphatic heterocycles. The molecule has 0 N–H and O–H groups in total. The summed E-state index contributed by atoms with van der Waals surface area (Å²) in [7, 11) is 2.32. The fourth-order valence-corrected chi connectivity index (χ4v) is 17.6. The van der Waals surface area contributed by atoms with Crippen molar-refractivity contribution in [3.63, 3.8) is 0 Å². The lowest BCUT2D eigenvalue weighted by Gasteiger charge is -2.43. The topological polar surface area (TPSA) is 172 Å².